The first kappa shape index (κ1) is 7.38. The lowest BCUT2D eigenvalue weighted by molar-refractivity contribution is 0.113. The van der Waals surface area contributed by atoms with Gasteiger partial charge in [0.05, 0.1) is 6.10 Å². The summed E-state index contributed by atoms with van der Waals surface area (Å²) >= 11 is 1.72. The molecule has 1 aliphatic rings. The molecular weight excluding hydrogens is 134 g/mol. The zero-order chi connectivity index (χ0) is 6.69. The lowest BCUT2D eigenvalue weighted by Gasteiger charge is -2.27. The van der Waals surface area contributed by atoms with Crippen LogP contribution in [0.4, 0.5) is 0 Å². The Morgan fingerprint density at radius 3 is 2.89 bits per heavy atom. The van der Waals surface area contributed by atoms with Crippen molar-refractivity contribution >= 4 is 11.9 Å². The molecule has 0 aromatic heterocycles. The summed E-state index contributed by atoms with van der Waals surface area (Å²) in [5.74, 6) is 0. The van der Waals surface area contributed by atoms with Crippen LogP contribution in [-0.2, 0) is 0 Å². The number of aliphatic hydroxyl groups excluding tert-OH is 1. The van der Waals surface area contributed by atoms with E-state index in [1.54, 1.807) is 11.9 Å². The topological polar surface area (TPSA) is 23.5 Å². The molecule has 0 bridgehead atoms. The zero-order valence-corrected chi connectivity index (χ0v) is 6.52. The van der Waals surface area contributed by atoms with E-state index in [0.717, 1.165) is 25.9 Å². The molecule has 1 rings (SSSR count). The van der Waals surface area contributed by atoms with Crippen molar-refractivity contribution < 1.29 is 5.11 Å². The van der Waals surface area contributed by atoms with Gasteiger partial charge >= 0.3 is 0 Å². The smallest absolute Gasteiger partial charge is 0.0677 e. The Morgan fingerprint density at radius 2 is 2.44 bits per heavy atom. The van der Waals surface area contributed by atoms with E-state index in [1.807, 2.05) is 0 Å². The number of piperidine rings is 1. The first-order chi connectivity index (χ1) is 4.33. The van der Waals surface area contributed by atoms with Crippen LogP contribution in [0.5, 0.6) is 0 Å². The maximum Gasteiger partial charge on any atom is 0.0677 e. The summed E-state index contributed by atoms with van der Waals surface area (Å²) in [5, 5.41) is 9.16. The Balaban J connectivity index is 2.23. The number of aliphatic hydroxyl groups is 1. The highest BCUT2D eigenvalue weighted by Crippen LogP contribution is 2.15. The van der Waals surface area contributed by atoms with Crippen LogP contribution in [0.2, 0.25) is 0 Å². The molecule has 0 radical (unpaired) electrons. The first-order valence-electron chi connectivity index (χ1n) is 3.30. The van der Waals surface area contributed by atoms with Crippen molar-refractivity contribution in [1.29, 1.82) is 0 Å². The molecule has 0 aromatic carbocycles. The summed E-state index contributed by atoms with van der Waals surface area (Å²) in [5.41, 5.74) is 0. The highest BCUT2D eigenvalue weighted by molar-refractivity contribution is 7.96. The van der Waals surface area contributed by atoms with E-state index in [4.69, 9.17) is 5.11 Å². The van der Waals surface area contributed by atoms with E-state index in [2.05, 4.69) is 10.6 Å². The van der Waals surface area contributed by atoms with Crippen molar-refractivity contribution in [3.05, 3.63) is 0 Å². The summed E-state index contributed by atoms with van der Waals surface area (Å²) in [4.78, 5) is 0. The molecule has 0 unspecified atom stereocenters. The van der Waals surface area contributed by atoms with Gasteiger partial charge < -0.3 is 5.11 Å². The van der Waals surface area contributed by atoms with E-state index in [1.165, 1.54) is 0 Å². The van der Waals surface area contributed by atoms with Gasteiger partial charge in [-0.1, -0.05) is 11.9 Å². The second kappa shape index (κ2) is 3.44. The molecule has 1 saturated heterocycles. The van der Waals surface area contributed by atoms with E-state index in [0.29, 0.717) is 0 Å². The highest BCUT2D eigenvalue weighted by atomic mass is 32.2. The second-order valence-electron chi connectivity index (χ2n) is 2.37. The molecular formula is C6H13NOS. The predicted octanol–water partition coefficient (Wildman–Crippen LogP) is 0.721. The van der Waals surface area contributed by atoms with Crippen LogP contribution >= 0.6 is 11.9 Å². The normalized spacial score (nSPS) is 30.7. The van der Waals surface area contributed by atoms with Crippen molar-refractivity contribution in [3.63, 3.8) is 0 Å². The van der Waals surface area contributed by atoms with Crippen LogP contribution in [0.25, 0.3) is 0 Å². The van der Waals surface area contributed by atoms with Gasteiger partial charge in [-0.25, -0.2) is 4.31 Å². The fourth-order valence-corrected chi connectivity index (χ4v) is 1.72. The van der Waals surface area contributed by atoms with E-state index in [-0.39, 0.29) is 6.10 Å². The van der Waals surface area contributed by atoms with E-state index < -0.39 is 0 Å². The molecule has 1 heterocycles. The third-order valence-electron chi connectivity index (χ3n) is 1.62. The van der Waals surface area contributed by atoms with Gasteiger partial charge in [0.2, 0.25) is 0 Å². The Hall–Kier alpha value is 0.270. The van der Waals surface area contributed by atoms with Crippen molar-refractivity contribution in [2.75, 3.05) is 19.3 Å². The summed E-state index contributed by atoms with van der Waals surface area (Å²) < 4.78 is 2.20. The van der Waals surface area contributed by atoms with Gasteiger partial charge in [-0.3, -0.25) is 0 Å². The molecule has 2 nitrogen and oxygen atoms in total. The largest absolute Gasteiger partial charge is 0.392 e. The zero-order valence-electron chi connectivity index (χ0n) is 5.71. The standard InChI is InChI=1S/C6H13NOS/c1-9-7-4-2-3-6(8)5-7/h6,8H,2-5H2,1H3/t6-/m0/s1. The quantitative estimate of drug-likeness (QED) is 0.553. The fourth-order valence-electron chi connectivity index (χ4n) is 1.09. The van der Waals surface area contributed by atoms with Crippen molar-refractivity contribution in [2.45, 2.75) is 18.9 Å². The molecule has 0 saturated carbocycles. The van der Waals surface area contributed by atoms with Crippen LogP contribution in [0.1, 0.15) is 12.8 Å². The maximum absolute atomic E-state index is 9.16. The van der Waals surface area contributed by atoms with Crippen LogP contribution in [0, 0.1) is 0 Å². The van der Waals surface area contributed by atoms with Gasteiger partial charge in [-0.2, -0.15) is 0 Å². The monoisotopic (exact) mass is 147 g/mol. The van der Waals surface area contributed by atoms with Gasteiger partial charge in [0.25, 0.3) is 0 Å². The van der Waals surface area contributed by atoms with Gasteiger partial charge in [0, 0.05) is 13.1 Å². The third-order valence-corrected chi connectivity index (χ3v) is 2.47. The average molecular weight is 147 g/mol. The molecule has 3 heteroatoms. The minimum Gasteiger partial charge on any atom is -0.392 e. The second-order valence-corrected chi connectivity index (χ2v) is 3.25. The fraction of sp³-hybridized carbons (Fsp3) is 1.00. The first-order valence-corrected chi connectivity index (χ1v) is 4.48. The Morgan fingerprint density at radius 1 is 1.67 bits per heavy atom. The minimum absolute atomic E-state index is 0.0776. The predicted molar refractivity (Wildman–Crippen MR) is 40.3 cm³/mol. The van der Waals surface area contributed by atoms with Crippen LogP contribution < -0.4 is 0 Å². The Kier molecular flexibility index (Phi) is 2.82. The van der Waals surface area contributed by atoms with Crippen molar-refractivity contribution in [1.82, 2.24) is 4.31 Å². The number of nitrogens with zero attached hydrogens (tertiary/aromatic N) is 1. The number of β-amino-alcohol motifs (C(OH)–C–C–N with tert-alkyl or cyclic N) is 1. The molecule has 1 aliphatic heterocycles. The number of hydrogen-bond donors (Lipinski definition) is 1. The molecule has 1 N–H and O–H groups in total. The Labute approximate surface area is 60.4 Å². The van der Waals surface area contributed by atoms with Gasteiger partial charge in [0.1, 0.15) is 0 Å². The van der Waals surface area contributed by atoms with Gasteiger partial charge in [0.15, 0.2) is 0 Å². The minimum atomic E-state index is -0.0776. The molecule has 0 aromatic rings. The van der Waals surface area contributed by atoms with E-state index in [9.17, 15) is 0 Å². The molecule has 9 heavy (non-hydrogen) atoms. The van der Waals surface area contributed by atoms with Gasteiger partial charge in [-0.15, -0.1) is 0 Å². The summed E-state index contributed by atoms with van der Waals surface area (Å²) in [7, 11) is 0. The molecule has 0 spiro atoms. The molecule has 1 fully saturated rings. The SMILES string of the molecule is CSN1CCC[C@H](O)C1. The molecule has 1 atom stereocenters. The summed E-state index contributed by atoms with van der Waals surface area (Å²) in [6.07, 6.45) is 4.10. The maximum atomic E-state index is 9.16. The Bertz CT molecular complexity index is 89.1. The summed E-state index contributed by atoms with van der Waals surface area (Å²) in [6, 6.07) is 0. The van der Waals surface area contributed by atoms with Gasteiger partial charge in [-0.05, 0) is 19.1 Å². The summed E-state index contributed by atoms with van der Waals surface area (Å²) in [6.45, 7) is 1.99. The molecule has 0 amide bonds. The van der Waals surface area contributed by atoms with Crippen LogP contribution in [-0.4, -0.2) is 34.9 Å². The van der Waals surface area contributed by atoms with Crippen molar-refractivity contribution in [2.24, 2.45) is 0 Å². The van der Waals surface area contributed by atoms with E-state index >= 15 is 0 Å². The lowest BCUT2D eigenvalue weighted by Crippen LogP contribution is -2.33. The lowest BCUT2D eigenvalue weighted by atomic mass is 10.1. The molecule has 0 aliphatic carbocycles. The van der Waals surface area contributed by atoms with Crippen LogP contribution in [0.15, 0.2) is 0 Å². The number of rotatable bonds is 1. The van der Waals surface area contributed by atoms with Crippen molar-refractivity contribution in [3.8, 4) is 0 Å². The molecule has 54 valence electrons. The third kappa shape index (κ3) is 2.16. The number of hydrogen-bond acceptors (Lipinski definition) is 3. The van der Waals surface area contributed by atoms with Crippen LogP contribution in [0.3, 0.4) is 0 Å². The average Bonchev–Trinajstić information content (AvgIpc) is 1.88. The highest BCUT2D eigenvalue weighted by Gasteiger charge is 2.15.